The number of aryl methyl sites for hydroxylation is 1. The molecule has 19 heavy (non-hydrogen) atoms. The molecule has 0 spiro atoms. The summed E-state index contributed by atoms with van der Waals surface area (Å²) >= 11 is 1.72. The number of fused-ring (bicyclic) bond motifs is 1. The minimum Gasteiger partial charge on any atom is -0.381 e. The summed E-state index contributed by atoms with van der Waals surface area (Å²) in [7, 11) is 0. The van der Waals surface area contributed by atoms with E-state index in [4.69, 9.17) is 15.6 Å². The number of hydrazine groups is 1. The Morgan fingerprint density at radius 3 is 3.11 bits per heavy atom. The zero-order valence-electron chi connectivity index (χ0n) is 11.0. The molecule has 1 fully saturated rings. The number of ether oxygens (including phenoxy) is 1. The van der Waals surface area contributed by atoms with E-state index in [-0.39, 0.29) is 5.92 Å². The van der Waals surface area contributed by atoms with Gasteiger partial charge in [-0.25, -0.2) is 15.8 Å². The molecule has 0 saturated carbocycles. The van der Waals surface area contributed by atoms with E-state index in [2.05, 4.69) is 23.4 Å². The second-order valence-corrected chi connectivity index (χ2v) is 5.89. The number of hydrogen-bond donors (Lipinski definition) is 2. The summed E-state index contributed by atoms with van der Waals surface area (Å²) in [6.45, 7) is 3.70. The maximum atomic E-state index is 5.60. The Morgan fingerprint density at radius 2 is 2.42 bits per heavy atom. The third kappa shape index (κ3) is 2.43. The van der Waals surface area contributed by atoms with Gasteiger partial charge in [0, 0.05) is 17.4 Å². The van der Waals surface area contributed by atoms with Gasteiger partial charge in [-0.1, -0.05) is 6.92 Å². The zero-order chi connectivity index (χ0) is 13.2. The van der Waals surface area contributed by atoms with Gasteiger partial charge in [-0.05, 0) is 25.3 Å². The topological polar surface area (TPSA) is 73.1 Å². The van der Waals surface area contributed by atoms with Crippen LogP contribution in [0.4, 0.5) is 5.82 Å². The van der Waals surface area contributed by atoms with Crippen LogP contribution in [0.5, 0.6) is 0 Å². The number of hydrogen-bond acceptors (Lipinski definition) is 6. The van der Waals surface area contributed by atoms with Gasteiger partial charge in [-0.3, -0.25) is 0 Å². The third-order valence-electron chi connectivity index (χ3n) is 3.47. The number of thiophene rings is 1. The average Bonchev–Trinajstić information content (AvgIpc) is 2.90. The quantitative estimate of drug-likeness (QED) is 0.666. The summed E-state index contributed by atoms with van der Waals surface area (Å²) in [5.74, 6) is 7.46. The fraction of sp³-hybridized carbons (Fsp3) is 0.538. The number of rotatable bonds is 3. The number of nitrogens with zero attached hydrogens (tertiary/aromatic N) is 2. The number of nitrogens with two attached hydrogens (primary N) is 1. The fourth-order valence-electron chi connectivity index (χ4n) is 2.40. The van der Waals surface area contributed by atoms with Gasteiger partial charge in [0.25, 0.3) is 0 Å². The van der Waals surface area contributed by atoms with E-state index in [1.807, 2.05) is 0 Å². The van der Waals surface area contributed by atoms with Crippen LogP contribution in [0.15, 0.2) is 6.07 Å². The molecular formula is C13H18N4OS. The maximum Gasteiger partial charge on any atom is 0.152 e. The molecule has 2 aromatic rings. The summed E-state index contributed by atoms with van der Waals surface area (Å²) in [5.41, 5.74) is 2.70. The summed E-state index contributed by atoms with van der Waals surface area (Å²) in [4.78, 5) is 11.6. The molecule has 6 heteroatoms. The molecule has 1 aliphatic heterocycles. The Kier molecular flexibility index (Phi) is 3.63. The van der Waals surface area contributed by atoms with Crippen molar-refractivity contribution in [1.82, 2.24) is 9.97 Å². The van der Waals surface area contributed by atoms with E-state index in [0.717, 1.165) is 47.7 Å². The van der Waals surface area contributed by atoms with Crippen molar-refractivity contribution in [1.29, 1.82) is 0 Å². The zero-order valence-corrected chi connectivity index (χ0v) is 11.8. The lowest BCUT2D eigenvalue weighted by atomic mass is 10.0. The van der Waals surface area contributed by atoms with Crippen LogP contribution in [0.2, 0.25) is 0 Å². The Bertz CT molecular complexity index is 577. The number of aromatic nitrogens is 2. The van der Waals surface area contributed by atoms with Gasteiger partial charge in [-0.2, -0.15) is 0 Å². The normalized spacial score (nSPS) is 19.8. The Morgan fingerprint density at radius 1 is 1.53 bits per heavy atom. The molecule has 1 aliphatic rings. The lowest BCUT2D eigenvalue weighted by Crippen LogP contribution is -2.19. The van der Waals surface area contributed by atoms with E-state index < -0.39 is 0 Å². The molecule has 3 rings (SSSR count). The van der Waals surface area contributed by atoms with Crippen molar-refractivity contribution in [3.63, 3.8) is 0 Å². The Hall–Kier alpha value is -1.24. The molecule has 0 bridgehead atoms. The van der Waals surface area contributed by atoms with Crippen LogP contribution < -0.4 is 11.3 Å². The van der Waals surface area contributed by atoms with Crippen molar-refractivity contribution in [2.45, 2.75) is 32.1 Å². The lowest BCUT2D eigenvalue weighted by Gasteiger charge is -2.21. The van der Waals surface area contributed by atoms with E-state index >= 15 is 0 Å². The second-order valence-electron chi connectivity index (χ2n) is 4.77. The first-order valence-electron chi connectivity index (χ1n) is 6.66. The molecule has 2 aromatic heterocycles. The molecule has 1 atom stereocenters. The van der Waals surface area contributed by atoms with E-state index in [1.54, 1.807) is 11.3 Å². The highest BCUT2D eigenvalue weighted by molar-refractivity contribution is 7.18. The van der Waals surface area contributed by atoms with Crippen LogP contribution in [-0.4, -0.2) is 23.2 Å². The number of anilines is 1. The average molecular weight is 278 g/mol. The van der Waals surface area contributed by atoms with Crippen molar-refractivity contribution < 1.29 is 4.74 Å². The molecule has 102 valence electrons. The second kappa shape index (κ2) is 5.40. The van der Waals surface area contributed by atoms with Crippen LogP contribution in [0.1, 0.15) is 36.4 Å². The highest BCUT2D eigenvalue weighted by Crippen LogP contribution is 2.32. The molecule has 1 unspecified atom stereocenters. The van der Waals surface area contributed by atoms with Crippen LogP contribution in [0.25, 0.3) is 10.2 Å². The van der Waals surface area contributed by atoms with Crippen molar-refractivity contribution in [2.75, 3.05) is 18.6 Å². The van der Waals surface area contributed by atoms with Crippen LogP contribution in [-0.2, 0) is 11.2 Å². The van der Waals surface area contributed by atoms with E-state index in [0.29, 0.717) is 6.61 Å². The minimum atomic E-state index is 0.289. The van der Waals surface area contributed by atoms with Gasteiger partial charge in [0.15, 0.2) is 5.82 Å². The highest BCUT2D eigenvalue weighted by Gasteiger charge is 2.21. The molecule has 5 nitrogen and oxygen atoms in total. The molecule has 0 aliphatic carbocycles. The van der Waals surface area contributed by atoms with Crippen molar-refractivity contribution in [3.8, 4) is 0 Å². The summed E-state index contributed by atoms with van der Waals surface area (Å²) in [5, 5.41) is 1.02. The SMILES string of the molecule is CCc1cc2c(NN)nc(C3CCCOC3)nc2s1. The molecule has 0 aromatic carbocycles. The van der Waals surface area contributed by atoms with Crippen LogP contribution >= 0.6 is 11.3 Å². The van der Waals surface area contributed by atoms with Crippen molar-refractivity contribution >= 4 is 27.4 Å². The smallest absolute Gasteiger partial charge is 0.152 e. The molecule has 3 heterocycles. The minimum absolute atomic E-state index is 0.289. The molecule has 0 amide bonds. The standard InChI is InChI=1S/C13H18N4OS/c1-2-9-6-10-12(17-14)15-11(16-13(10)19-9)8-4-3-5-18-7-8/h6,8H,2-5,7,14H2,1H3,(H,15,16,17). The van der Waals surface area contributed by atoms with Crippen molar-refractivity contribution in [2.24, 2.45) is 5.84 Å². The predicted molar refractivity (Wildman–Crippen MR) is 77.4 cm³/mol. The first-order valence-corrected chi connectivity index (χ1v) is 7.48. The first kappa shape index (κ1) is 12.8. The fourth-order valence-corrected chi connectivity index (χ4v) is 3.37. The predicted octanol–water partition coefficient (Wildman–Crippen LogP) is 2.43. The van der Waals surface area contributed by atoms with Gasteiger partial charge < -0.3 is 10.2 Å². The van der Waals surface area contributed by atoms with E-state index in [1.165, 1.54) is 4.88 Å². The van der Waals surface area contributed by atoms with E-state index in [9.17, 15) is 0 Å². The molecule has 3 N–H and O–H groups in total. The lowest BCUT2D eigenvalue weighted by molar-refractivity contribution is 0.0782. The highest BCUT2D eigenvalue weighted by atomic mass is 32.1. The largest absolute Gasteiger partial charge is 0.381 e. The summed E-state index contributed by atoms with van der Waals surface area (Å²) in [6.07, 6.45) is 3.16. The van der Waals surface area contributed by atoms with Crippen molar-refractivity contribution in [3.05, 3.63) is 16.8 Å². The summed E-state index contributed by atoms with van der Waals surface area (Å²) in [6, 6.07) is 2.12. The van der Waals surface area contributed by atoms with Gasteiger partial charge >= 0.3 is 0 Å². The summed E-state index contributed by atoms with van der Waals surface area (Å²) < 4.78 is 5.52. The Labute approximate surface area is 116 Å². The molecular weight excluding hydrogens is 260 g/mol. The molecule has 1 saturated heterocycles. The number of nitrogens with one attached hydrogen (secondary N) is 1. The first-order chi connectivity index (χ1) is 9.31. The van der Waals surface area contributed by atoms with Crippen LogP contribution in [0.3, 0.4) is 0 Å². The van der Waals surface area contributed by atoms with Gasteiger partial charge in [-0.15, -0.1) is 11.3 Å². The van der Waals surface area contributed by atoms with Gasteiger partial charge in [0.05, 0.1) is 12.0 Å². The van der Waals surface area contributed by atoms with Crippen LogP contribution in [0, 0.1) is 0 Å². The van der Waals surface area contributed by atoms with Gasteiger partial charge in [0.2, 0.25) is 0 Å². The third-order valence-corrected chi connectivity index (χ3v) is 4.64. The monoisotopic (exact) mass is 278 g/mol. The van der Waals surface area contributed by atoms with Gasteiger partial charge in [0.1, 0.15) is 10.7 Å². The maximum absolute atomic E-state index is 5.60. The number of nitrogen functional groups attached to an aromatic ring is 1. The Balaban J connectivity index is 2.05. The molecule has 0 radical (unpaired) electrons.